The first-order chi connectivity index (χ1) is 15.8. The van der Waals surface area contributed by atoms with Crippen molar-refractivity contribution in [1.29, 1.82) is 0 Å². The maximum atomic E-state index is 13.4. The Labute approximate surface area is 190 Å². The standard InChI is InChI=1S/C25H25FN4O3/c1-15(13-23(32)27-20-6-3-17(4-7-20)16(2)31)25(33)30-11-9-18(10-12-30)24-28-21-8-5-19(26)14-22(21)29-24/h3-8,13-14,18H,9-12H2,1-2H3,(H,27,32)(H,28,29)/b15-13-. The highest BCUT2D eigenvalue weighted by Crippen LogP contribution is 2.28. The molecule has 1 aliphatic heterocycles. The van der Waals surface area contributed by atoms with Crippen molar-refractivity contribution in [2.24, 2.45) is 0 Å². The van der Waals surface area contributed by atoms with Crippen LogP contribution in [-0.4, -0.2) is 45.6 Å². The van der Waals surface area contributed by atoms with Crippen molar-refractivity contribution in [3.63, 3.8) is 0 Å². The number of aromatic nitrogens is 2. The summed E-state index contributed by atoms with van der Waals surface area (Å²) >= 11 is 0. The second-order valence-corrected chi connectivity index (χ2v) is 8.30. The number of imidazole rings is 1. The van der Waals surface area contributed by atoms with Gasteiger partial charge in [-0.25, -0.2) is 9.37 Å². The van der Waals surface area contributed by atoms with Crippen LogP contribution < -0.4 is 5.32 Å². The van der Waals surface area contributed by atoms with Gasteiger partial charge in [-0.15, -0.1) is 0 Å². The first kappa shape index (κ1) is 22.4. The number of carbonyl (C=O) groups is 3. The number of nitrogens with zero attached hydrogens (tertiary/aromatic N) is 2. The summed E-state index contributed by atoms with van der Waals surface area (Å²) in [4.78, 5) is 46.0. The number of Topliss-reactive ketones (excluding diaryl/α,β-unsaturated/α-hetero) is 1. The Hall–Kier alpha value is -3.81. The molecule has 1 saturated heterocycles. The number of likely N-dealkylation sites (tertiary alicyclic amines) is 1. The van der Waals surface area contributed by atoms with Crippen molar-refractivity contribution >= 4 is 34.3 Å². The Balaban J connectivity index is 1.33. The molecule has 2 aromatic carbocycles. The SMILES string of the molecule is CC(=O)c1ccc(NC(=O)/C=C(/C)C(=O)N2CCC(c3nc4ccc(F)cc4[nH]3)CC2)cc1. The van der Waals surface area contributed by atoms with Crippen LogP contribution in [0.15, 0.2) is 54.1 Å². The Morgan fingerprint density at radius 3 is 2.45 bits per heavy atom. The molecule has 170 valence electrons. The first-order valence-corrected chi connectivity index (χ1v) is 10.8. The average molecular weight is 448 g/mol. The molecule has 2 N–H and O–H groups in total. The van der Waals surface area contributed by atoms with E-state index in [9.17, 15) is 18.8 Å². The van der Waals surface area contributed by atoms with Gasteiger partial charge < -0.3 is 15.2 Å². The fourth-order valence-corrected chi connectivity index (χ4v) is 4.03. The number of hydrogen-bond acceptors (Lipinski definition) is 4. The minimum Gasteiger partial charge on any atom is -0.342 e. The molecule has 7 nitrogen and oxygen atoms in total. The molecule has 0 unspecified atom stereocenters. The molecule has 1 fully saturated rings. The van der Waals surface area contributed by atoms with E-state index in [-0.39, 0.29) is 23.4 Å². The number of nitrogens with one attached hydrogen (secondary N) is 2. The van der Waals surface area contributed by atoms with E-state index in [2.05, 4.69) is 15.3 Å². The van der Waals surface area contributed by atoms with Gasteiger partial charge in [0.25, 0.3) is 0 Å². The molecule has 0 atom stereocenters. The molecule has 33 heavy (non-hydrogen) atoms. The summed E-state index contributed by atoms with van der Waals surface area (Å²) in [6, 6.07) is 11.1. The average Bonchev–Trinajstić information content (AvgIpc) is 3.22. The number of aromatic amines is 1. The van der Waals surface area contributed by atoms with Gasteiger partial charge >= 0.3 is 0 Å². The minimum absolute atomic E-state index is 0.0489. The number of carbonyl (C=O) groups excluding carboxylic acids is 3. The lowest BCUT2D eigenvalue weighted by atomic mass is 9.95. The number of H-pyrrole nitrogens is 1. The van der Waals surface area contributed by atoms with Gasteiger partial charge in [-0.2, -0.15) is 0 Å². The minimum atomic E-state index is -0.402. The molecular weight excluding hydrogens is 423 g/mol. The number of hydrogen-bond donors (Lipinski definition) is 2. The van der Waals surface area contributed by atoms with Gasteiger partial charge in [-0.3, -0.25) is 14.4 Å². The van der Waals surface area contributed by atoms with Crippen LogP contribution in [0.4, 0.5) is 10.1 Å². The molecule has 0 spiro atoms. The van der Waals surface area contributed by atoms with E-state index in [1.165, 1.54) is 25.1 Å². The van der Waals surface area contributed by atoms with Gasteiger partial charge in [-0.05, 0) is 69.2 Å². The summed E-state index contributed by atoms with van der Waals surface area (Å²) < 4.78 is 13.4. The summed E-state index contributed by atoms with van der Waals surface area (Å²) in [5.41, 5.74) is 2.86. The summed E-state index contributed by atoms with van der Waals surface area (Å²) in [5, 5.41) is 2.71. The largest absolute Gasteiger partial charge is 0.342 e. The van der Waals surface area contributed by atoms with E-state index in [0.29, 0.717) is 35.4 Å². The van der Waals surface area contributed by atoms with Gasteiger partial charge in [0.2, 0.25) is 11.8 Å². The Bertz CT molecular complexity index is 1240. The number of amides is 2. The fraction of sp³-hybridized carbons (Fsp3) is 0.280. The van der Waals surface area contributed by atoms with E-state index < -0.39 is 5.91 Å². The summed E-state index contributed by atoms with van der Waals surface area (Å²) in [6.45, 7) is 4.20. The number of rotatable bonds is 5. The van der Waals surface area contributed by atoms with Crippen LogP contribution in [0.25, 0.3) is 11.0 Å². The Morgan fingerprint density at radius 2 is 1.79 bits per heavy atom. The fourth-order valence-electron chi connectivity index (χ4n) is 4.03. The van der Waals surface area contributed by atoms with E-state index in [1.807, 2.05) is 0 Å². The number of fused-ring (bicyclic) bond motifs is 1. The highest BCUT2D eigenvalue weighted by Gasteiger charge is 2.26. The quantitative estimate of drug-likeness (QED) is 0.452. The third kappa shape index (κ3) is 5.16. The molecule has 0 radical (unpaired) electrons. The lowest BCUT2D eigenvalue weighted by Gasteiger charge is -2.31. The summed E-state index contributed by atoms with van der Waals surface area (Å²) in [6.07, 6.45) is 2.76. The van der Waals surface area contributed by atoms with Crippen LogP contribution in [0.3, 0.4) is 0 Å². The molecule has 8 heteroatoms. The number of piperidine rings is 1. The first-order valence-electron chi connectivity index (χ1n) is 10.8. The van der Waals surface area contributed by atoms with E-state index in [4.69, 9.17) is 0 Å². The smallest absolute Gasteiger partial charge is 0.249 e. The molecule has 3 aromatic rings. The monoisotopic (exact) mass is 448 g/mol. The highest BCUT2D eigenvalue weighted by molar-refractivity contribution is 6.06. The van der Waals surface area contributed by atoms with E-state index in [1.54, 1.807) is 42.2 Å². The van der Waals surface area contributed by atoms with Crippen LogP contribution in [0.2, 0.25) is 0 Å². The van der Waals surface area contributed by atoms with Gasteiger partial charge in [0.1, 0.15) is 11.6 Å². The molecule has 0 saturated carbocycles. The number of halogens is 1. The lowest BCUT2D eigenvalue weighted by Crippen LogP contribution is -2.38. The lowest BCUT2D eigenvalue weighted by molar-refractivity contribution is -0.128. The number of benzene rings is 2. The van der Waals surface area contributed by atoms with Crippen LogP contribution in [0.5, 0.6) is 0 Å². The van der Waals surface area contributed by atoms with Crippen molar-refractivity contribution in [1.82, 2.24) is 14.9 Å². The predicted octanol–water partition coefficient (Wildman–Crippen LogP) is 4.20. The molecular formula is C25H25FN4O3. The maximum absolute atomic E-state index is 13.4. The van der Waals surface area contributed by atoms with E-state index in [0.717, 1.165) is 24.2 Å². The molecule has 1 aromatic heterocycles. The zero-order valence-electron chi connectivity index (χ0n) is 18.5. The third-order valence-electron chi connectivity index (χ3n) is 5.88. The van der Waals surface area contributed by atoms with Gasteiger partial charge in [0, 0.05) is 41.9 Å². The zero-order chi connectivity index (χ0) is 23.5. The topological polar surface area (TPSA) is 95.2 Å². The summed E-state index contributed by atoms with van der Waals surface area (Å²) in [7, 11) is 0. The van der Waals surface area contributed by atoms with Gasteiger partial charge in [-0.1, -0.05) is 0 Å². The maximum Gasteiger partial charge on any atom is 0.249 e. The van der Waals surface area contributed by atoms with Crippen molar-refractivity contribution in [2.45, 2.75) is 32.6 Å². The van der Waals surface area contributed by atoms with Crippen molar-refractivity contribution in [3.05, 3.63) is 71.3 Å². The molecule has 4 rings (SSSR count). The molecule has 2 amide bonds. The Kier molecular flexibility index (Phi) is 6.35. The van der Waals surface area contributed by atoms with Gasteiger partial charge in [0.15, 0.2) is 5.78 Å². The van der Waals surface area contributed by atoms with Crippen LogP contribution in [0.1, 0.15) is 48.8 Å². The summed E-state index contributed by atoms with van der Waals surface area (Å²) in [5.74, 6) is 0.0351. The van der Waals surface area contributed by atoms with Crippen LogP contribution >= 0.6 is 0 Å². The molecule has 0 aliphatic carbocycles. The normalized spacial score (nSPS) is 15.0. The molecule has 0 bridgehead atoms. The number of anilines is 1. The van der Waals surface area contributed by atoms with Crippen LogP contribution in [-0.2, 0) is 9.59 Å². The Morgan fingerprint density at radius 1 is 1.09 bits per heavy atom. The second kappa shape index (κ2) is 9.36. The number of ketones is 1. The third-order valence-corrected chi connectivity index (χ3v) is 5.88. The van der Waals surface area contributed by atoms with Gasteiger partial charge in [0.05, 0.1) is 11.0 Å². The second-order valence-electron chi connectivity index (χ2n) is 8.30. The highest BCUT2D eigenvalue weighted by atomic mass is 19.1. The van der Waals surface area contributed by atoms with E-state index >= 15 is 0 Å². The molecule has 2 heterocycles. The predicted molar refractivity (Wildman–Crippen MR) is 123 cm³/mol. The molecule has 1 aliphatic rings. The van der Waals surface area contributed by atoms with Crippen molar-refractivity contribution in [2.75, 3.05) is 18.4 Å². The van der Waals surface area contributed by atoms with Crippen molar-refractivity contribution < 1.29 is 18.8 Å². The van der Waals surface area contributed by atoms with Crippen LogP contribution in [0, 0.1) is 5.82 Å². The van der Waals surface area contributed by atoms with Crippen molar-refractivity contribution in [3.8, 4) is 0 Å². The zero-order valence-corrected chi connectivity index (χ0v) is 18.5.